The Hall–Kier alpha value is -2.61. The summed E-state index contributed by atoms with van der Waals surface area (Å²) in [6.07, 6.45) is -0.134. The number of carboxylic acid groups (broad SMARTS) is 2. The molecule has 2 unspecified atom stereocenters. The number of carboxylic acids is 2. The topological polar surface area (TPSA) is 125 Å². The van der Waals surface area contributed by atoms with Gasteiger partial charge in [-0.3, -0.25) is 9.59 Å². The number of carbonyl (C=O) groups is 3. The Balaban J connectivity index is 2.20. The van der Waals surface area contributed by atoms with E-state index < -0.39 is 30.0 Å². The summed E-state index contributed by atoms with van der Waals surface area (Å²) in [6.45, 7) is 0.337. The van der Waals surface area contributed by atoms with Crippen molar-refractivity contribution in [3.63, 3.8) is 0 Å². The van der Waals surface area contributed by atoms with E-state index in [-0.39, 0.29) is 23.3 Å². The average Bonchev–Trinajstić information content (AvgIpc) is 2.94. The summed E-state index contributed by atoms with van der Waals surface area (Å²) < 4.78 is 5.61. The van der Waals surface area contributed by atoms with Crippen LogP contribution in [0.1, 0.15) is 27.1 Å². The highest BCUT2D eigenvalue weighted by atomic mass is 16.5. The molecular formula is C14H16N2O6. The van der Waals surface area contributed by atoms with Crippen LogP contribution in [-0.4, -0.2) is 53.8 Å². The normalized spacial score (nSPS) is 20.4. The van der Waals surface area contributed by atoms with E-state index in [0.29, 0.717) is 6.54 Å². The Morgan fingerprint density at radius 2 is 1.91 bits per heavy atom. The van der Waals surface area contributed by atoms with Gasteiger partial charge < -0.3 is 25.6 Å². The number of amides is 1. The van der Waals surface area contributed by atoms with Crippen LogP contribution in [0.5, 0.6) is 5.75 Å². The van der Waals surface area contributed by atoms with E-state index in [1.807, 2.05) is 0 Å². The van der Waals surface area contributed by atoms with E-state index in [1.54, 1.807) is 0 Å². The van der Waals surface area contributed by atoms with Crippen LogP contribution >= 0.6 is 0 Å². The number of aliphatic carboxylic acids is 1. The lowest BCUT2D eigenvalue weighted by Crippen LogP contribution is -2.30. The maximum Gasteiger partial charge on any atom is 0.335 e. The molecule has 1 aromatic carbocycles. The maximum atomic E-state index is 11.7. The fourth-order valence-corrected chi connectivity index (χ4v) is 2.24. The second kappa shape index (κ2) is 6.44. The van der Waals surface area contributed by atoms with Crippen molar-refractivity contribution in [1.82, 2.24) is 10.6 Å². The van der Waals surface area contributed by atoms with Crippen molar-refractivity contribution in [2.24, 2.45) is 0 Å². The Bertz CT molecular complexity index is 615. The lowest BCUT2D eigenvalue weighted by atomic mass is 10.1. The molecule has 8 nitrogen and oxygen atoms in total. The first-order valence-corrected chi connectivity index (χ1v) is 6.64. The van der Waals surface area contributed by atoms with Crippen molar-refractivity contribution in [2.45, 2.75) is 18.6 Å². The lowest BCUT2D eigenvalue weighted by molar-refractivity contribution is -0.139. The molecule has 0 saturated carbocycles. The van der Waals surface area contributed by atoms with Gasteiger partial charge in [-0.05, 0) is 18.2 Å². The molecule has 1 aliphatic rings. The minimum Gasteiger partial charge on any atom is -0.489 e. The molecule has 2 rings (SSSR count). The molecule has 1 aromatic rings. The number of ether oxygens (including phenoxy) is 1. The van der Waals surface area contributed by atoms with E-state index in [4.69, 9.17) is 14.9 Å². The van der Waals surface area contributed by atoms with Crippen molar-refractivity contribution in [1.29, 1.82) is 0 Å². The fraction of sp³-hybridized carbons (Fsp3) is 0.357. The molecule has 1 heterocycles. The quantitative estimate of drug-likeness (QED) is 0.600. The Labute approximate surface area is 126 Å². The molecular weight excluding hydrogens is 292 g/mol. The Kier molecular flexibility index (Phi) is 4.62. The number of hydrogen-bond donors (Lipinski definition) is 4. The van der Waals surface area contributed by atoms with E-state index >= 15 is 0 Å². The summed E-state index contributed by atoms with van der Waals surface area (Å²) in [4.78, 5) is 33.7. The molecule has 118 valence electrons. The van der Waals surface area contributed by atoms with Crippen molar-refractivity contribution >= 4 is 17.8 Å². The van der Waals surface area contributed by atoms with Crippen LogP contribution in [-0.2, 0) is 4.79 Å². The van der Waals surface area contributed by atoms with E-state index in [2.05, 4.69) is 10.6 Å². The van der Waals surface area contributed by atoms with Gasteiger partial charge in [-0.2, -0.15) is 0 Å². The van der Waals surface area contributed by atoms with Gasteiger partial charge in [-0.1, -0.05) is 0 Å². The molecule has 2 atom stereocenters. The second-order valence-electron chi connectivity index (χ2n) is 4.90. The van der Waals surface area contributed by atoms with Gasteiger partial charge in [0.05, 0.1) is 5.56 Å². The highest BCUT2D eigenvalue weighted by molar-refractivity contribution is 5.98. The van der Waals surface area contributed by atoms with Crippen molar-refractivity contribution in [3.8, 4) is 5.75 Å². The predicted molar refractivity (Wildman–Crippen MR) is 75.3 cm³/mol. The third-order valence-corrected chi connectivity index (χ3v) is 3.33. The summed E-state index contributed by atoms with van der Waals surface area (Å²) in [5.41, 5.74) is 0.0926. The smallest absolute Gasteiger partial charge is 0.335 e. The van der Waals surface area contributed by atoms with Gasteiger partial charge in [0.2, 0.25) is 0 Å². The molecule has 8 heteroatoms. The monoisotopic (exact) mass is 308 g/mol. The van der Waals surface area contributed by atoms with Gasteiger partial charge in [-0.15, -0.1) is 0 Å². The van der Waals surface area contributed by atoms with E-state index in [9.17, 15) is 14.4 Å². The summed E-state index contributed by atoms with van der Waals surface area (Å²) >= 11 is 0. The first-order chi connectivity index (χ1) is 10.4. The van der Waals surface area contributed by atoms with Crippen LogP contribution in [0.4, 0.5) is 0 Å². The fourth-order valence-electron chi connectivity index (χ4n) is 2.24. The standard InChI is InChI=1S/C14H16N2O6/c1-15-12(17)7-2-8(13(18)19)4-9(3-7)22-10-5-11(14(20)21)16-6-10/h2-4,10-11,16H,5-6H2,1H3,(H,15,17)(H,18,19)(H,20,21). The van der Waals surface area contributed by atoms with Crippen LogP contribution in [0.25, 0.3) is 0 Å². The summed E-state index contributed by atoms with van der Waals surface area (Å²) in [5.74, 6) is -2.35. The maximum absolute atomic E-state index is 11.7. The van der Waals surface area contributed by atoms with E-state index in [1.165, 1.54) is 25.2 Å². The Morgan fingerprint density at radius 1 is 1.23 bits per heavy atom. The van der Waals surface area contributed by atoms with Crippen molar-refractivity contribution < 1.29 is 29.3 Å². The van der Waals surface area contributed by atoms with Gasteiger partial charge in [0.1, 0.15) is 17.9 Å². The summed E-state index contributed by atoms with van der Waals surface area (Å²) in [7, 11) is 1.44. The average molecular weight is 308 g/mol. The number of carbonyl (C=O) groups excluding carboxylic acids is 1. The van der Waals surface area contributed by atoms with Gasteiger partial charge in [0, 0.05) is 25.6 Å². The molecule has 1 saturated heterocycles. The molecule has 22 heavy (non-hydrogen) atoms. The van der Waals surface area contributed by atoms with Gasteiger partial charge >= 0.3 is 11.9 Å². The van der Waals surface area contributed by atoms with Crippen LogP contribution in [0.15, 0.2) is 18.2 Å². The molecule has 0 aromatic heterocycles. The highest BCUT2D eigenvalue weighted by Crippen LogP contribution is 2.21. The molecule has 0 radical (unpaired) electrons. The lowest BCUT2D eigenvalue weighted by Gasteiger charge is -2.14. The third kappa shape index (κ3) is 3.53. The SMILES string of the molecule is CNC(=O)c1cc(OC2CNC(C(=O)O)C2)cc(C(=O)O)c1. The molecule has 1 aliphatic heterocycles. The van der Waals surface area contributed by atoms with Gasteiger partial charge in [0.15, 0.2) is 0 Å². The molecule has 4 N–H and O–H groups in total. The number of benzene rings is 1. The van der Waals surface area contributed by atoms with Crippen molar-refractivity contribution in [3.05, 3.63) is 29.3 Å². The Morgan fingerprint density at radius 3 is 2.45 bits per heavy atom. The largest absolute Gasteiger partial charge is 0.489 e. The van der Waals surface area contributed by atoms with Crippen LogP contribution in [0, 0.1) is 0 Å². The predicted octanol–water partition coefficient (Wildman–Crippen LogP) is -0.0617. The molecule has 1 amide bonds. The van der Waals surface area contributed by atoms with E-state index in [0.717, 1.165) is 0 Å². The number of aromatic carboxylic acids is 1. The minimum atomic E-state index is -1.18. The third-order valence-electron chi connectivity index (χ3n) is 3.33. The zero-order valence-electron chi connectivity index (χ0n) is 11.8. The van der Waals surface area contributed by atoms with Crippen LogP contribution in [0.3, 0.4) is 0 Å². The van der Waals surface area contributed by atoms with Crippen LogP contribution < -0.4 is 15.4 Å². The zero-order chi connectivity index (χ0) is 16.3. The van der Waals surface area contributed by atoms with Crippen LogP contribution in [0.2, 0.25) is 0 Å². The second-order valence-corrected chi connectivity index (χ2v) is 4.90. The molecule has 0 spiro atoms. The number of hydrogen-bond acceptors (Lipinski definition) is 5. The summed E-state index contributed by atoms with van der Waals surface area (Å²) in [6, 6.07) is 3.30. The summed E-state index contributed by atoms with van der Waals surface area (Å²) in [5, 5.41) is 23.2. The first-order valence-electron chi connectivity index (χ1n) is 6.64. The van der Waals surface area contributed by atoms with Gasteiger partial charge in [-0.25, -0.2) is 4.79 Å². The number of nitrogens with one attached hydrogen (secondary N) is 2. The zero-order valence-corrected chi connectivity index (χ0v) is 11.8. The molecule has 1 fully saturated rings. The first kappa shape index (κ1) is 15.8. The minimum absolute atomic E-state index is 0.0724. The molecule has 0 bridgehead atoms. The van der Waals surface area contributed by atoms with Gasteiger partial charge in [0.25, 0.3) is 5.91 Å². The highest BCUT2D eigenvalue weighted by Gasteiger charge is 2.30. The van der Waals surface area contributed by atoms with Crippen molar-refractivity contribution in [2.75, 3.05) is 13.6 Å². The molecule has 0 aliphatic carbocycles. The number of rotatable bonds is 5.